The second-order valence-corrected chi connectivity index (χ2v) is 7.31. The number of halogens is 3. The molecule has 0 aromatic heterocycles. The lowest BCUT2D eigenvalue weighted by atomic mass is 9.94. The lowest BCUT2D eigenvalue weighted by molar-refractivity contribution is -0.149. The molecule has 1 fully saturated rings. The number of ether oxygens (including phenoxy) is 2. The van der Waals surface area contributed by atoms with Gasteiger partial charge in [-0.25, -0.2) is 0 Å². The van der Waals surface area contributed by atoms with Gasteiger partial charge in [-0.3, -0.25) is 9.59 Å². The first-order valence-corrected chi connectivity index (χ1v) is 9.55. The zero-order valence-corrected chi connectivity index (χ0v) is 16.6. The summed E-state index contributed by atoms with van der Waals surface area (Å²) in [4.78, 5) is 26.4. The van der Waals surface area contributed by atoms with Crippen LogP contribution < -0.4 is 4.74 Å². The molecular formula is C21H26F3NO4. The Balaban J connectivity index is 2.20. The number of nitrogens with zero attached hydrogens (tertiary/aromatic N) is 1. The molecule has 29 heavy (non-hydrogen) atoms. The van der Waals surface area contributed by atoms with E-state index in [2.05, 4.69) is 6.58 Å². The number of carbonyl (C=O) groups is 2. The van der Waals surface area contributed by atoms with Gasteiger partial charge in [0.05, 0.1) is 23.7 Å². The van der Waals surface area contributed by atoms with Crippen LogP contribution in [0.1, 0.15) is 49.0 Å². The summed E-state index contributed by atoms with van der Waals surface area (Å²) < 4.78 is 49.9. The van der Waals surface area contributed by atoms with Crippen LogP contribution in [-0.4, -0.2) is 42.6 Å². The van der Waals surface area contributed by atoms with Gasteiger partial charge in [0.2, 0.25) is 0 Å². The highest BCUT2D eigenvalue weighted by molar-refractivity contribution is 5.97. The van der Waals surface area contributed by atoms with Crippen LogP contribution in [-0.2, 0) is 15.7 Å². The number of hydrogen-bond acceptors (Lipinski definition) is 4. The SMILES string of the molecule is C=CCOc1ccc(C(F)(F)F)cc1C(=O)N1CCC[C@H](CC(=O)OC(C)C)C1. The van der Waals surface area contributed by atoms with Crippen LogP contribution in [0.25, 0.3) is 0 Å². The summed E-state index contributed by atoms with van der Waals surface area (Å²) in [7, 11) is 0. The fourth-order valence-corrected chi connectivity index (χ4v) is 3.28. The van der Waals surface area contributed by atoms with Gasteiger partial charge in [-0.05, 0) is 50.8 Å². The maximum Gasteiger partial charge on any atom is 0.416 e. The number of benzene rings is 1. The quantitative estimate of drug-likeness (QED) is 0.489. The number of amides is 1. The molecule has 1 amide bonds. The Bertz CT molecular complexity index is 746. The molecule has 1 heterocycles. The fraction of sp³-hybridized carbons (Fsp3) is 0.524. The molecule has 2 rings (SSSR count). The summed E-state index contributed by atoms with van der Waals surface area (Å²) in [6, 6.07) is 2.86. The van der Waals surface area contributed by atoms with Crippen LogP contribution in [0.3, 0.4) is 0 Å². The molecule has 1 aromatic rings. The minimum absolute atomic E-state index is 0.0648. The molecule has 1 aliphatic rings. The maximum absolute atomic E-state index is 13.1. The predicted molar refractivity (Wildman–Crippen MR) is 102 cm³/mol. The van der Waals surface area contributed by atoms with Gasteiger partial charge in [0.15, 0.2) is 0 Å². The van der Waals surface area contributed by atoms with Crippen molar-refractivity contribution in [1.82, 2.24) is 4.90 Å². The molecule has 0 aliphatic carbocycles. The lowest BCUT2D eigenvalue weighted by Crippen LogP contribution is -2.41. The molecule has 0 radical (unpaired) electrons. The van der Waals surface area contributed by atoms with Gasteiger partial charge in [0.25, 0.3) is 5.91 Å². The summed E-state index contributed by atoms with van der Waals surface area (Å²) in [5, 5.41) is 0. The molecule has 160 valence electrons. The highest BCUT2D eigenvalue weighted by Crippen LogP contribution is 2.34. The molecule has 0 N–H and O–H groups in total. The first-order chi connectivity index (χ1) is 13.6. The van der Waals surface area contributed by atoms with Crippen LogP contribution in [0, 0.1) is 5.92 Å². The van der Waals surface area contributed by atoms with Crippen LogP contribution in [0.4, 0.5) is 13.2 Å². The topological polar surface area (TPSA) is 55.8 Å². The third kappa shape index (κ3) is 6.51. The smallest absolute Gasteiger partial charge is 0.416 e. The average molecular weight is 413 g/mol. The Morgan fingerprint density at radius 1 is 1.34 bits per heavy atom. The molecule has 0 spiro atoms. The van der Waals surface area contributed by atoms with Crippen LogP contribution in [0.5, 0.6) is 5.75 Å². The van der Waals surface area contributed by atoms with Gasteiger partial charge in [-0.15, -0.1) is 0 Å². The average Bonchev–Trinajstić information content (AvgIpc) is 2.64. The van der Waals surface area contributed by atoms with Crippen molar-refractivity contribution in [3.8, 4) is 5.75 Å². The summed E-state index contributed by atoms with van der Waals surface area (Å²) in [5.41, 5.74) is -1.06. The highest BCUT2D eigenvalue weighted by atomic mass is 19.4. The van der Waals surface area contributed by atoms with Crippen LogP contribution in [0.2, 0.25) is 0 Å². The molecule has 8 heteroatoms. The Kier molecular flexibility index (Phi) is 7.70. The molecule has 0 saturated carbocycles. The van der Waals surface area contributed by atoms with Gasteiger partial charge in [0, 0.05) is 13.1 Å². The zero-order valence-electron chi connectivity index (χ0n) is 16.6. The molecule has 5 nitrogen and oxygen atoms in total. The van der Waals surface area contributed by atoms with Crippen molar-refractivity contribution in [1.29, 1.82) is 0 Å². The van der Waals surface area contributed by atoms with E-state index in [9.17, 15) is 22.8 Å². The molecular weight excluding hydrogens is 387 g/mol. The number of likely N-dealkylation sites (tertiary alicyclic amines) is 1. The standard InChI is InChI=1S/C21H26F3NO4/c1-4-10-28-18-8-7-16(21(22,23)24)12-17(18)20(27)25-9-5-6-15(13-25)11-19(26)29-14(2)3/h4,7-8,12,14-15H,1,5-6,9-11,13H2,2-3H3/t15-/m1/s1. The van der Waals surface area contributed by atoms with Crippen molar-refractivity contribution in [2.24, 2.45) is 5.92 Å². The Morgan fingerprint density at radius 2 is 2.07 bits per heavy atom. The number of rotatable bonds is 7. The normalized spacial score (nSPS) is 17.2. The van der Waals surface area contributed by atoms with Gasteiger partial charge < -0.3 is 14.4 Å². The third-order valence-electron chi connectivity index (χ3n) is 4.52. The number of piperidine rings is 1. The number of carbonyl (C=O) groups excluding carboxylic acids is 2. The van der Waals surface area contributed by atoms with Gasteiger partial charge in [0.1, 0.15) is 12.4 Å². The number of esters is 1. The second-order valence-electron chi connectivity index (χ2n) is 7.31. The maximum atomic E-state index is 13.1. The summed E-state index contributed by atoms with van der Waals surface area (Å²) in [5.74, 6) is -0.906. The Morgan fingerprint density at radius 3 is 2.69 bits per heavy atom. The van der Waals surface area contributed by atoms with Crippen molar-refractivity contribution >= 4 is 11.9 Å². The Labute approximate surface area is 168 Å². The monoisotopic (exact) mass is 413 g/mol. The fourth-order valence-electron chi connectivity index (χ4n) is 3.28. The zero-order chi connectivity index (χ0) is 21.6. The van der Waals surface area contributed by atoms with E-state index in [1.807, 2.05) is 0 Å². The van der Waals surface area contributed by atoms with Gasteiger partial charge >= 0.3 is 12.1 Å². The summed E-state index contributed by atoms with van der Waals surface area (Å²) in [6.45, 7) is 7.78. The first-order valence-electron chi connectivity index (χ1n) is 9.55. The Hall–Kier alpha value is -2.51. The largest absolute Gasteiger partial charge is 0.489 e. The summed E-state index contributed by atoms with van der Waals surface area (Å²) in [6.07, 6.45) is -1.77. The van der Waals surface area contributed by atoms with Crippen LogP contribution >= 0.6 is 0 Å². The first kappa shape index (κ1) is 22.8. The minimum atomic E-state index is -4.57. The van der Waals surface area contributed by atoms with E-state index in [0.29, 0.717) is 13.0 Å². The van der Waals surface area contributed by atoms with E-state index in [1.54, 1.807) is 13.8 Å². The highest BCUT2D eigenvalue weighted by Gasteiger charge is 2.34. The van der Waals surface area contributed by atoms with E-state index in [-0.39, 0.29) is 48.9 Å². The third-order valence-corrected chi connectivity index (χ3v) is 4.52. The van der Waals surface area contributed by atoms with Gasteiger partial charge in [-0.1, -0.05) is 12.7 Å². The van der Waals surface area contributed by atoms with E-state index in [0.717, 1.165) is 24.6 Å². The molecule has 1 saturated heterocycles. The summed E-state index contributed by atoms with van der Waals surface area (Å²) >= 11 is 0. The molecule has 0 bridgehead atoms. The van der Waals surface area contributed by atoms with E-state index >= 15 is 0 Å². The van der Waals surface area contributed by atoms with E-state index in [4.69, 9.17) is 9.47 Å². The van der Waals surface area contributed by atoms with Crippen LogP contribution in [0.15, 0.2) is 30.9 Å². The number of hydrogen-bond donors (Lipinski definition) is 0. The molecule has 1 aliphatic heterocycles. The van der Waals surface area contributed by atoms with Crippen molar-refractivity contribution in [2.75, 3.05) is 19.7 Å². The molecule has 1 aromatic carbocycles. The lowest BCUT2D eigenvalue weighted by Gasteiger charge is -2.33. The van der Waals surface area contributed by atoms with Crippen molar-refractivity contribution in [2.45, 2.75) is 45.4 Å². The molecule has 1 atom stereocenters. The minimum Gasteiger partial charge on any atom is -0.489 e. The van der Waals surface area contributed by atoms with E-state index in [1.165, 1.54) is 11.0 Å². The predicted octanol–water partition coefficient (Wildman–Crippen LogP) is 4.46. The van der Waals surface area contributed by atoms with Crippen molar-refractivity contribution in [3.63, 3.8) is 0 Å². The van der Waals surface area contributed by atoms with Crippen molar-refractivity contribution in [3.05, 3.63) is 42.0 Å². The van der Waals surface area contributed by atoms with Crippen molar-refractivity contribution < 1.29 is 32.2 Å². The van der Waals surface area contributed by atoms with Gasteiger partial charge in [-0.2, -0.15) is 13.2 Å². The second kappa shape index (κ2) is 9.80. The molecule has 0 unspecified atom stereocenters. The van der Waals surface area contributed by atoms with E-state index < -0.39 is 17.6 Å². The number of alkyl halides is 3.